The second kappa shape index (κ2) is 10.9. The molecule has 1 aliphatic heterocycles. The number of nitrogens with zero attached hydrogens (tertiary/aromatic N) is 4. The van der Waals surface area contributed by atoms with E-state index in [4.69, 9.17) is 4.98 Å². The summed E-state index contributed by atoms with van der Waals surface area (Å²) >= 11 is 1.47. The number of fused-ring (bicyclic) bond motifs is 1. The molecule has 5 rings (SSSR count). The second-order valence-corrected chi connectivity index (χ2v) is 13.1. The highest BCUT2D eigenvalue weighted by Crippen LogP contribution is 2.32. The van der Waals surface area contributed by atoms with Gasteiger partial charge in [-0.3, -0.25) is 14.7 Å². The number of aromatic nitrogens is 2. The lowest BCUT2D eigenvalue weighted by Crippen LogP contribution is -2.42. The molecular formula is C29H32N4O3S2. The Hall–Kier alpha value is -3.14. The van der Waals surface area contributed by atoms with Crippen molar-refractivity contribution in [2.45, 2.75) is 45.1 Å². The molecule has 0 spiro atoms. The summed E-state index contributed by atoms with van der Waals surface area (Å²) in [5, 5.41) is 0.580. The van der Waals surface area contributed by atoms with Gasteiger partial charge in [0.25, 0.3) is 5.91 Å². The number of rotatable bonds is 7. The van der Waals surface area contributed by atoms with E-state index in [2.05, 4.69) is 37.9 Å². The van der Waals surface area contributed by atoms with Crippen molar-refractivity contribution < 1.29 is 13.2 Å². The third kappa shape index (κ3) is 5.50. The average Bonchev–Trinajstić information content (AvgIpc) is 3.34. The van der Waals surface area contributed by atoms with Gasteiger partial charge in [-0.1, -0.05) is 44.2 Å². The molecule has 38 heavy (non-hydrogen) atoms. The predicted molar refractivity (Wildman–Crippen MR) is 152 cm³/mol. The normalized spacial score (nSPS) is 18.5. The van der Waals surface area contributed by atoms with E-state index >= 15 is 0 Å². The van der Waals surface area contributed by atoms with Crippen LogP contribution < -0.4 is 4.90 Å². The minimum Gasteiger partial charge on any atom is -0.278 e. The van der Waals surface area contributed by atoms with Gasteiger partial charge in [0, 0.05) is 24.8 Å². The van der Waals surface area contributed by atoms with E-state index in [0.29, 0.717) is 35.6 Å². The zero-order valence-corrected chi connectivity index (χ0v) is 23.5. The van der Waals surface area contributed by atoms with Crippen LogP contribution in [-0.4, -0.2) is 41.7 Å². The molecule has 0 saturated carbocycles. The van der Waals surface area contributed by atoms with E-state index in [1.165, 1.54) is 29.0 Å². The monoisotopic (exact) mass is 548 g/mol. The molecule has 0 radical (unpaired) electrons. The fourth-order valence-corrected chi connectivity index (χ4v) is 7.76. The van der Waals surface area contributed by atoms with Gasteiger partial charge in [-0.05, 0) is 78.8 Å². The van der Waals surface area contributed by atoms with Crippen LogP contribution in [0.25, 0.3) is 10.2 Å². The summed E-state index contributed by atoms with van der Waals surface area (Å²) in [6, 6.07) is 18.0. The molecule has 1 aliphatic rings. The number of benzene rings is 2. The maximum atomic E-state index is 13.8. The minimum atomic E-state index is -3.63. The lowest BCUT2D eigenvalue weighted by Gasteiger charge is -2.34. The smallest absolute Gasteiger partial charge is 0.260 e. The average molecular weight is 549 g/mol. The van der Waals surface area contributed by atoms with Gasteiger partial charge in [0.1, 0.15) is 0 Å². The van der Waals surface area contributed by atoms with Crippen molar-refractivity contribution in [3.05, 3.63) is 83.7 Å². The molecule has 2 aromatic carbocycles. The number of piperidine rings is 1. The molecule has 0 N–H and O–H groups in total. The van der Waals surface area contributed by atoms with Crippen molar-refractivity contribution >= 4 is 42.6 Å². The highest BCUT2D eigenvalue weighted by molar-refractivity contribution is 7.89. The van der Waals surface area contributed by atoms with Crippen molar-refractivity contribution in [1.82, 2.24) is 14.3 Å². The first-order valence-electron chi connectivity index (χ1n) is 13.0. The molecule has 1 fully saturated rings. The Morgan fingerprint density at radius 3 is 2.45 bits per heavy atom. The van der Waals surface area contributed by atoms with Gasteiger partial charge in [-0.15, -0.1) is 0 Å². The van der Waals surface area contributed by atoms with Crippen LogP contribution >= 0.6 is 11.3 Å². The molecule has 1 saturated heterocycles. The van der Waals surface area contributed by atoms with Crippen LogP contribution in [0, 0.1) is 11.8 Å². The first-order chi connectivity index (χ1) is 18.2. The summed E-state index contributed by atoms with van der Waals surface area (Å²) in [5.74, 6) is 0.378. The summed E-state index contributed by atoms with van der Waals surface area (Å²) in [5.41, 5.74) is 3.19. The third-order valence-corrected chi connectivity index (χ3v) is 9.83. The topological polar surface area (TPSA) is 83.5 Å². The Kier molecular flexibility index (Phi) is 7.61. The number of thiazole rings is 1. The number of sulfonamides is 1. The van der Waals surface area contributed by atoms with Gasteiger partial charge < -0.3 is 0 Å². The standard InChI is InChI=1S/C29H32N4O3S2/c1-4-22-8-13-26-27(16-22)37-29(31-26)33(19-24-7-5-6-14-30-24)28(34)23-9-11-25(12-10-23)38(35,36)32-17-20(2)15-21(3)18-32/h5-14,16,20-21H,4,15,17-19H2,1-3H3. The van der Waals surface area contributed by atoms with Crippen LogP contribution in [0.2, 0.25) is 0 Å². The van der Waals surface area contributed by atoms with Crippen molar-refractivity contribution in [3.63, 3.8) is 0 Å². The number of anilines is 1. The fraction of sp³-hybridized carbons (Fsp3) is 0.345. The van der Waals surface area contributed by atoms with Gasteiger partial charge in [-0.25, -0.2) is 13.4 Å². The largest absolute Gasteiger partial charge is 0.278 e. The number of hydrogen-bond donors (Lipinski definition) is 0. The maximum Gasteiger partial charge on any atom is 0.260 e. The van der Waals surface area contributed by atoms with Crippen molar-refractivity contribution in [2.24, 2.45) is 11.8 Å². The van der Waals surface area contributed by atoms with Gasteiger partial charge in [0.05, 0.1) is 27.4 Å². The van der Waals surface area contributed by atoms with Crippen molar-refractivity contribution in [3.8, 4) is 0 Å². The number of carbonyl (C=O) groups is 1. The Labute approximate surface area is 228 Å². The number of amides is 1. The van der Waals surface area contributed by atoms with Crippen LogP contribution in [-0.2, 0) is 23.0 Å². The molecule has 2 unspecified atom stereocenters. The van der Waals surface area contributed by atoms with Crippen LogP contribution in [0.4, 0.5) is 5.13 Å². The first-order valence-corrected chi connectivity index (χ1v) is 15.2. The van der Waals surface area contributed by atoms with Crippen LogP contribution in [0.3, 0.4) is 0 Å². The summed E-state index contributed by atoms with van der Waals surface area (Å²) in [6.07, 6.45) is 3.65. The maximum absolute atomic E-state index is 13.8. The van der Waals surface area contributed by atoms with Crippen molar-refractivity contribution in [2.75, 3.05) is 18.0 Å². The Morgan fingerprint density at radius 2 is 1.79 bits per heavy atom. The van der Waals surface area contributed by atoms with E-state index in [9.17, 15) is 13.2 Å². The van der Waals surface area contributed by atoms with Gasteiger partial charge >= 0.3 is 0 Å². The summed E-state index contributed by atoms with van der Waals surface area (Å²) in [4.78, 5) is 24.8. The molecule has 0 aliphatic carbocycles. The zero-order valence-electron chi connectivity index (χ0n) is 21.9. The van der Waals surface area contributed by atoms with Crippen LogP contribution in [0.15, 0.2) is 71.8 Å². The summed E-state index contributed by atoms with van der Waals surface area (Å²) in [6.45, 7) is 7.56. The number of carbonyl (C=O) groups excluding carboxylic acids is 1. The van der Waals surface area contributed by atoms with E-state index in [1.54, 1.807) is 27.5 Å². The molecule has 9 heteroatoms. The number of aryl methyl sites for hydroxylation is 1. The molecular weight excluding hydrogens is 516 g/mol. The fourth-order valence-electron chi connectivity index (χ4n) is 5.05. The lowest BCUT2D eigenvalue weighted by molar-refractivity contribution is 0.0984. The van der Waals surface area contributed by atoms with Gasteiger partial charge in [0.15, 0.2) is 5.13 Å². The minimum absolute atomic E-state index is 0.207. The Bertz CT molecular complexity index is 1530. The molecule has 1 amide bonds. The Balaban J connectivity index is 1.45. The molecule has 2 atom stereocenters. The molecule has 2 aromatic heterocycles. The molecule has 198 valence electrons. The third-order valence-electron chi connectivity index (χ3n) is 6.95. The van der Waals surface area contributed by atoms with Gasteiger partial charge in [-0.2, -0.15) is 4.31 Å². The molecule has 4 aromatic rings. The number of hydrogen-bond acceptors (Lipinski definition) is 6. The first kappa shape index (κ1) is 26.5. The lowest BCUT2D eigenvalue weighted by atomic mass is 9.94. The van der Waals surface area contributed by atoms with Crippen molar-refractivity contribution in [1.29, 1.82) is 0 Å². The Morgan fingerprint density at radius 1 is 1.05 bits per heavy atom. The molecule has 7 nitrogen and oxygen atoms in total. The molecule has 3 heterocycles. The van der Waals surface area contributed by atoms with E-state index in [0.717, 1.165) is 28.8 Å². The van der Waals surface area contributed by atoms with E-state index < -0.39 is 10.0 Å². The zero-order chi connectivity index (χ0) is 26.9. The highest BCUT2D eigenvalue weighted by Gasteiger charge is 2.32. The van der Waals surface area contributed by atoms with Gasteiger partial charge in [0.2, 0.25) is 10.0 Å². The van der Waals surface area contributed by atoms with Crippen LogP contribution in [0.5, 0.6) is 0 Å². The molecule has 0 bridgehead atoms. The SMILES string of the molecule is CCc1ccc2nc(N(Cc3ccccn3)C(=O)c3ccc(S(=O)(=O)N4CC(C)CC(C)C4)cc3)sc2c1. The van der Waals surface area contributed by atoms with Crippen LogP contribution in [0.1, 0.15) is 48.8 Å². The van der Waals surface area contributed by atoms with E-state index in [1.807, 2.05) is 24.3 Å². The summed E-state index contributed by atoms with van der Waals surface area (Å²) < 4.78 is 29.2. The predicted octanol–water partition coefficient (Wildman–Crippen LogP) is 5.77. The van der Waals surface area contributed by atoms with E-state index in [-0.39, 0.29) is 17.3 Å². The highest BCUT2D eigenvalue weighted by atomic mass is 32.2. The summed E-state index contributed by atoms with van der Waals surface area (Å²) in [7, 11) is -3.63. The quantitative estimate of drug-likeness (QED) is 0.293. The second-order valence-electron chi connectivity index (χ2n) is 10.2. The number of pyridine rings is 1.